The number of thiocarbonyl (C=S) groups is 1. The predicted octanol–water partition coefficient (Wildman–Crippen LogP) is 0.372. The normalized spacial score (nSPS) is 9.40. The van der Waals surface area contributed by atoms with Crippen molar-refractivity contribution >= 4 is 23.1 Å². The van der Waals surface area contributed by atoms with E-state index in [1.165, 1.54) is 0 Å². The van der Waals surface area contributed by atoms with Gasteiger partial charge in [-0.3, -0.25) is 4.98 Å². The molecule has 0 bridgehead atoms. The third kappa shape index (κ3) is 5.11. The molecule has 6 heteroatoms. The molecule has 1 aromatic rings. The number of rotatable bonds is 5. The van der Waals surface area contributed by atoms with E-state index in [4.69, 9.17) is 12.2 Å². The molecule has 0 amide bonds. The molecule has 0 unspecified atom stereocenters. The molecule has 0 aliphatic rings. The molecule has 1 aromatic heterocycles. The van der Waals surface area contributed by atoms with Gasteiger partial charge in [0.05, 0.1) is 6.20 Å². The third-order valence-electron chi connectivity index (χ3n) is 1.74. The molecular weight excluding hydrogens is 210 g/mol. The van der Waals surface area contributed by atoms with Crippen LogP contribution < -0.4 is 16.0 Å². The third-order valence-corrected chi connectivity index (χ3v) is 2.08. The van der Waals surface area contributed by atoms with Crippen LogP contribution in [-0.4, -0.2) is 35.2 Å². The van der Waals surface area contributed by atoms with Crippen molar-refractivity contribution in [3.05, 3.63) is 18.6 Å². The van der Waals surface area contributed by atoms with E-state index in [1.54, 1.807) is 25.6 Å². The van der Waals surface area contributed by atoms with Crippen LogP contribution in [0.3, 0.4) is 0 Å². The van der Waals surface area contributed by atoms with Crippen molar-refractivity contribution in [3.63, 3.8) is 0 Å². The van der Waals surface area contributed by atoms with Crippen LogP contribution in [0.2, 0.25) is 0 Å². The van der Waals surface area contributed by atoms with Crippen molar-refractivity contribution in [2.24, 2.45) is 0 Å². The van der Waals surface area contributed by atoms with E-state index < -0.39 is 0 Å². The second-order valence-electron chi connectivity index (χ2n) is 2.88. The lowest BCUT2D eigenvalue weighted by molar-refractivity contribution is 0.793. The van der Waals surface area contributed by atoms with Crippen molar-refractivity contribution < 1.29 is 0 Å². The van der Waals surface area contributed by atoms with Gasteiger partial charge >= 0.3 is 0 Å². The second kappa shape index (κ2) is 6.94. The van der Waals surface area contributed by atoms with Crippen molar-refractivity contribution in [1.29, 1.82) is 0 Å². The smallest absolute Gasteiger partial charge is 0.166 e. The molecule has 0 spiro atoms. The van der Waals surface area contributed by atoms with Crippen molar-refractivity contribution in [3.8, 4) is 0 Å². The van der Waals surface area contributed by atoms with Crippen molar-refractivity contribution in [1.82, 2.24) is 20.6 Å². The molecule has 0 saturated heterocycles. The summed E-state index contributed by atoms with van der Waals surface area (Å²) in [7, 11) is 1.80. The number of hydrogen-bond donors (Lipinski definition) is 3. The summed E-state index contributed by atoms with van der Waals surface area (Å²) < 4.78 is 0. The lowest BCUT2D eigenvalue weighted by Gasteiger charge is -2.07. The summed E-state index contributed by atoms with van der Waals surface area (Å²) in [5, 5.41) is 9.75. The Labute approximate surface area is 94.7 Å². The van der Waals surface area contributed by atoms with E-state index in [2.05, 4.69) is 25.9 Å². The van der Waals surface area contributed by atoms with Crippen LogP contribution in [0.4, 0.5) is 5.82 Å². The van der Waals surface area contributed by atoms with Gasteiger partial charge in [0, 0.05) is 32.5 Å². The van der Waals surface area contributed by atoms with Crippen LogP contribution in [0.1, 0.15) is 6.42 Å². The first-order chi connectivity index (χ1) is 7.33. The number of anilines is 1. The van der Waals surface area contributed by atoms with E-state index in [0.717, 1.165) is 25.3 Å². The summed E-state index contributed by atoms with van der Waals surface area (Å²) in [4.78, 5) is 8.05. The molecule has 82 valence electrons. The van der Waals surface area contributed by atoms with Crippen LogP contribution in [0.15, 0.2) is 18.6 Å². The molecule has 1 rings (SSSR count). The first kappa shape index (κ1) is 11.6. The molecule has 3 N–H and O–H groups in total. The monoisotopic (exact) mass is 225 g/mol. The molecular formula is C9H15N5S. The lowest BCUT2D eigenvalue weighted by atomic mass is 10.4. The minimum atomic E-state index is 0.675. The number of nitrogens with one attached hydrogen (secondary N) is 3. The molecule has 0 fully saturated rings. The zero-order chi connectivity index (χ0) is 10.9. The van der Waals surface area contributed by atoms with Gasteiger partial charge < -0.3 is 16.0 Å². The maximum atomic E-state index is 4.93. The highest BCUT2D eigenvalue weighted by Crippen LogP contribution is 1.95. The van der Waals surface area contributed by atoms with Gasteiger partial charge in [-0.1, -0.05) is 0 Å². The molecule has 15 heavy (non-hydrogen) atoms. The van der Waals surface area contributed by atoms with Gasteiger partial charge in [-0.25, -0.2) is 4.98 Å². The summed E-state index contributed by atoms with van der Waals surface area (Å²) >= 11 is 4.93. The fourth-order valence-electron chi connectivity index (χ4n) is 0.986. The van der Waals surface area contributed by atoms with Gasteiger partial charge in [0.1, 0.15) is 5.82 Å². The predicted molar refractivity (Wildman–Crippen MR) is 64.8 cm³/mol. The fourth-order valence-corrected chi connectivity index (χ4v) is 1.09. The minimum absolute atomic E-state index is 0.675. The van der Waals surface area contributed by atoms with Crippen LogP contribution in [0.25, 0.3) is 0 Å². The number of hydrogen-bond acceptors (Lipinski definition) is 4. The van der Waals surface area contributed by atoms with Gasteiger partial charge in [-0.2, -0.15) is 0 Å². The van der Waals surface area contributed by atoms with Crippen LogP contribution >= 0.6 is 12.2 Å². The average Bonchev–Trinajstić information content (AvgIpc) is 2.29. The Morgan fingerprint density at radius 3 is 2.93 bits per heavy atom. The van der Waals surface area contributed by atoms with Gasteiger partial charge in [0.25, 0.3) is 0 Å². The lowest BCUT2D eigenvalue weighted by Crippen LogP contribution is -2.33. The SMILES string of the molecule is CNC(=S)NCCCNc1cnccn1. The molecule has 0 aliphatic heterocycles. The van der Waals surface area contributed by atoms with E-state index in [1.807, 2.05) is 0 Å². The topological polar surface area (TPSA) is 61.9 Å². The number of nitrogens with zero attached hydrogens (tertiary/aromatic N) is 2. The van der Waals surface area contributed by atoms with Crippen molar-refractivity contribution in [2.75, 3.05) is 25.5 Å². The van der Waals surface area contributed by atoms with Gasteiger partial charge in [-0.05, 0) is 18.6 Å². The molecule has 0 radical (unpaired) electrons. The molecule has 5 nitrogen and oxygen atoms in total. The van der Waals surface area contributed by atoms with Gasteiger partial charge in [0.15, 0.2) is 5.11 Å². The van der Waals surface area contributed by atoms with Crippen LogP contribution in [0, 0.1) is 0 Å². The Morgan fingerprint density at radius 1 is 1.40 bits per heavy atom. The summed E-state index contributed by atoms with van der Waals surface area (Å²) in [5.74, 6) is 0.800. The molecule has 0 aromatic carbocycles. The highest BCUT2D eigenvalue weighted by molar-refractivity contribution is 7.80. The Kier molecular flexibility index (Phi) is 5.39. The second-order valence-corrected chi connectivity index (χ2v) is 3.29. The summed E-state index contributed by atoms with van der Waals surface area (Å²) in [6.07, 6.45) is 5.98. The van der Waals surface area contributed by atoms with Crippen molar-refractivity contribution in [2.45, 2.75) is 6.42 Å². The summed E-state index contributed by atoms with van der Waals surface area (Å²) in [6.45, 7) is 1.69. The minimum Gasteiger partial charge on any atom is -0.369 e. The first-order valence-electron chi connectivity index (χ1n) is 4.78. The Balaban J connectivity index is 2.05. The zero-order valence-corrected chi connectivity index (χ0v) is 9.47. The average molecular weight is 225 g/mol. The summed E-state index contributed by atoms with van der Waals surface area (Å²) in [6, 6.07) is 0. The highest BCUT2D eigenvalue weighted by Gasteiger charge is 1.92. The van der Waals surface area contributed by atoms with E-state index in [9.17, 15) is 0 Å². The van der Waals surface area contributed by atoms with Gasteiger partial charge in [0.2, 0.25) is 0 Å². The van der Waals surface area contributed by atoms with Crippen LogP contribution in [-0.2, 0) is 0 Å². The number of aromatic nitrogens is 2. The Bertz CT molecular complexity index is 290. The van der Waals surface area contributed by atoms with Gasteiger partial charge in [-0.15, -0.1) is 0 Å². The maximum absolute atomic E-state index is 4.93. The summed E-state index contributed by atoms with van der Waals surface area (Å²) in [5.41, 5.74) is 0. The molecule has 0 saturated carbocycles. The standard InChI is InChI=1S/C9H15N5S/c1-10-9(15)14-4-2-3-12-8-7-11-5-6-13-8/h5-7H,2-4H2,1H3,(H,12,13)(H2,10,14,15). The molecule has 0 aliphatic carbocycles. The first-order valence-corrected chi connectivity index (χ1v) is 5.19. The quantitative estimate of drug-likeness (QED) is 0.497. The van der Waals surface area contributed by atoms with E-state index in [-0.39, 0.29) is 0 Å². The fraction of sp³-hybridized carbons (Fsp3) is 0.444. The molecule has 1 heterocycles. The molecule has 0 atom stereocenters. The van der Waals surface area contributed by atoms with Crippen LogP contribution in [0.5, 0.6) is 0 Å². The van der Waals surface area contributed by atoms with E-state index in [0.29, 0.717) is 5.11 Å². The highest BCUT2D eigenvalue weighted by atomic mass is 32.1. The van der Waals surface area contributed by atoms with E-state index >= 15 is 0 Å². The largest absolute Gasteiger partial charge is 0.369 e. The maximum Gasteiger partial charge on any atom is 0.166 e. The zero-order valence-electron chi connectivity index (χ0n) is 8.66. The Morgan fingerprint density at radius 2 is 2.27 bits per heavy atom. The Hall–Kier alpha value is -1.43.